The molecule has 0 amide bonds. The molecule has 0 saturated heterocycles. The zero-order valence-electron chi connectivity index (χ0n) is 12.7. The van der Waals surface area contributed by atoms with Crippen LogP contribution in [0.3, 0.4) is 0 Å². The van der Waals surface area contributed by atoms with Crippen LogP contribution in [0, 0.1) is 0 Å². The molecule has 118 valence electrons. The molecule has 0 fully saturated rings. The quantitative estimate of drug-likeness (QED) is 0.581. The highest BCUT2D eigenvalue weighted by molar-refractivity contribution is 9.10. The Morgan fingerprint density at radius 3 is 2.12 bits per heavy atom. The Hall–Kier alpha value is -2.66. The van der Waals surface area contributed by atoms with E-state index >= 15 is 0 Å². The highest BCUT2D eigenvalue weighted by Gasteiger charge is 2.21. The van der Waals surface area contributed by atoms with Gasteiger partial charge < -0.3 is 4.98 Å². The number of benzene rings is 2. The van der Waals surface area contributed by atoms with Crippen LogP contribution in [0.2, 0.25) is 0 Å². The predicted molar refractivity (Wildman–Crippen MR) is 98.2 cm³/mol. The largest absolute Gasteiger partial charge is 0.328 e. The monoisotopic (exact) mass is 379 g/mol. The van der Waals surface area contributed by atoms with Crippen LogP contribution in [0.25, 0.3) is 11.2 Å². The predicted octanol–water partition coefficient (Wildman–Crippen LogP) is 4.12. The summed E-state index contributed by atoms with van der Waals surface area (Å²) in [5, 5.41) is 0. The highest BCUT2D eigenvalue weighted by atomic mass is 79.9. The lowest BCUT2D eigenvalue weighted by Gasteiger charge is -2.19. The summed E-state index contributed by atoms with van der Waals surface area (Å²) in [7, 11) is 0. The molecule has 0 radical (unpaired) electrons. The van der Waals surface area contributed by atoms with Crippen molar-refractivity contribution in [2.75, 3.05) is 0 Å². The fourth-order valence-electron chi connectivity index (χ4n) is 2.99. The van der Waals surface area contributed by atoms with Crippen LogP contribution in [-0.4, -0.2) is 14.5 Å². The molecule has 0 spiro atoms. The van der Waals surface area contributed by atoms with Crippen LogP contribution < -0.4 is 5.69 Å². The van der Waals surface area contributed by atoms with Gasteiger partial charge in [0, 0.05) is 10.7 Å². The Labute approximate surface area is 146 Å². The van der Waals surface area contributed by atoms with Crippen molar-refractivity contribution in [3.8, 4) is 0 Å². The van der Waals surface area contributed by atoms with Crippen molar-refractivity contribution in [2.24, 2.45) is 0 Å². The molecule has 0 aliphatic heterocycles. The van der Waals surface area contributed by atoms with Crippen molar-refractivity contribution in [3.05, 3.63) is 99.0 Å². The van der Waals surface area contributed by atoms with E-state index in [1.807, 2.05) is 66.7 Å². The zero-order valence-corrected chi connectivity index (χ0v) is 14.3. The number of hydrogen-bond donors (Lipinski definition) is 1. The van der Waals surface area contributed by atoms with Crippen molar-refractivity contribution in [2.45, 2.75) is 6.04 Å². The van der Waals surface area contributed by atoms with E-state index in [1.165, 1.54) is 0 Å². The van der Waals surface area contributed by atoms with Gasteiger partial charge in [-0.05, 0) is 33.1 Å². The van der Waals surface area contributed by atoms with Gasteiger partial charge in [0.05, 0.1) is 11.6 Å². The van der Waals surface area contributed by atoms with E-state index in [0.29, 0.717) is 11.2 Å². The summed E-state index contributed by atoms with van der Waals surface area (Å²) in [6.45, 7) is 0. The van der Waals surface area contributed by atoms with Crippen LogP contribution in [0.15, 0.2) is 82.2 Å². The molecule has 24 heavy (non-hydrogen) atoms. The molecule has 0 bridgehead atoms. The third-order valence-corrected chi connectivity index (χ3v) is 4.44. The first kappa shape index (κ1) is 14.9. The lowest BCUT2D eigenvalue weighted by Crippen LogP contribution is -2.24. The minimum atomic E-state index is -0.234. The van der Waals surface area contributed by atoms with E-state index in [1.54, 1.807) is 10.8 Å². The molecule has 1 N–H and O–H groups in total. The van der Waals surface area contributed by atoms with Crippen LogP contribution in [0.1, 0.15) is 17.2 Å². The lowest BCUT2D eigenvalue weighted by molar-refractivity contribution is 0.667. The number of hydrogen-bond acceptors (Lipinski definition) is 2. The number of nitrogens with one attached hydrogen (secondary N) is 1. The van der Waals surface area contributed by atoms with Crippen molar-refractivity contribution in [1.29, 1.82) is 0 Å². The molecule has 4 aromatic rings. The molecule has 0 aliphatic carbocycles. The average molecular weight is 380 g/mol. The number of nitrogens with zero attached hydrogens (tertiary/aromatic N) is 2. The minimum Gasteiger partial charge on any atom is -0.304 e. The zero-order chi connectivity index (χ0) is 16.5. The maximum absolute atomic E-state index is 12.7. The minimum absolute atomic E-state index is 0.173. The second-order valence-electron chi connectivity index (χ2n) is 5.55. The van der Waals surface area contributed by atoms with Gasteiger partial charge >= 0.3 is 5.69 Å². The van der Waals surface area contributed by atoms with E-state index < -0.39 is 0 Å². The van der Waals surface area contributed by atoms with Crippen LogP contribution in [-0.2, 0) is 0 Å². The van der Waals surface area contributed by atoms with Gasteiger partial charge in [-0.1, -0.05) is 60.7 Å². The second kappa shape index (κ2) is 6.09. The summed E-state index contributed by atoms with van der Waals surface area (Å²) in [4.78, 5) is 20.1. The molecule has 0 saturated carbocycles. The Balaban J connectivity index is 2.02. The van der Waals surface area contributed by atoms with Crippen molar-refractivity contribution < 1.29 is 0 Å². The number of imidazole rings is 1. The molecular formula is C19H14BrN3O. The van der Waals surface area contributed by atoms with Gasteiger partial charge in [0.15, 0.2) is 5.65 Å². The second-order valence-corrected chi connectivity index (χ2v) is 6.46. The Morgan fingerprint density at radius 1 is 0.958 bits per heavy atom. The van der Waals surface area contributed by atoms with E-state index in [-0.39, 0.29) is 11.7 Å². The Bertz CT molecular complexity index is 999. The molecular weight excluding hydrogens is 366 g/mol. The summed E-state index contributed by atoms with van der Waals surface area (Å²) >= 11 is 3.40. The molecule has 2 heterocycles. The van der Waals surface area contributed by atoms with Gasteiger partial charge in [0.2, 0.25) is 0 Å². The number of aromatic nitrogens is 3. The van der Waals surface area contributed by atoms with Crippen LogP contribution >= 0.6 is 15.9 Å². The number of rotatable bonds is 3. The first-order chi connectivity index (χ1) is 11.7. The van der Waals surface area contributed by atoms with Crippen LogP contribution in [0.4, 0.5) is 0 Å². The first-order valence-corrected chi connectivity index (χ1v) is 8.39. The van der Waals surface area contributed by atoms with E-state index in [2.05, 4.69) is 25.9 Å². The maximum Gasteiger partial charge on any atom is 0.328 e. The van der Waals surface area contributed by atoms with E-state index in [0.717, 1.165) is 15.6 Å². The van der Waals surface area contributed by atoms with Crippen molar-refractivity contribution >= 4 is 27.1 Å². The Morgan fingerprint density at radius 2 is 1.54 bits per heavy atom. The first-order valence-electron chi connectivity index (χ1n) is 7.60. The van der Waals surface area contributed by atoms with Gasteiger partial charge in [0.25, 0.3) is 0 Å². The number of aromatic amines is 1. The van der Waals surface area contributed by atoms with Crippen LogP contribution in [0.5, 0.6) is 0 Å². The smallest absolute Gasteiger partial charge is 0.304 e. The third kappa shape index (κ3) is 2.57. The van der Waals surface area contributed by atoms with Gasteiger partial charge in [-0.15, -0.1) is 0 Å². The average Bonchev–Trinajstić information content (AvgIpc) is 2.92. The normalized spacial score (nSPS) is 11.2. The molecule has 0 aliphatic rings. The lowest BCUT2D eigenvalue weighted by atomic mass is 9.98. The summed E-state index contributed by atoms with van der Waals surface area (Å²) in [5.74, 6) is 0. The number of H-pyrrole nitrogens is 1. The number of halogens is 1. The summed E-state index contributed by atoms with van der Waals surface area (Å²) in [5.41, 5.74) is 3.26. The third-order valence-electron chi connectivity index (χ3n) is 4.01. The van der Waals surface area contributed by atoms with E-state index in [9.17, 15) is 4.79 Å². The summed E-state index contributed by atoms with van der Waals surface area (Å²) in [6.07, 6.45) is 1.71. The molecule has 2 aromatic carbocycles. The van der Waals surface area contributed by atoms with Crippen molar-refractivity contribution in [1.82, 2.24) is 14.5 Å². The topological polar surface area (TPSA) is 50.7 Å². The summed E-state index contributed by atoms with van der Waals surface area (Å²) in [6, 6.07) is 21.6. The molecule has 0 atom stereocenters. The van der Waals surface area contributed by atoms with Gasteiger partial charge in [-0.3, -0.25) is 4.57 Å². The van der Waals surface area contributed by atoms with Gasteiger partial charge in [-0.25, -0.2) is 9.78 Å². The van der Waals surface area contributed by atoms with Gasteiger partial charge in [0.1, 0.15) is 0 Å². The molecule has 5 heteroatoms. The number of fused-ring (bicyclic) bond motifs is 1. The fourth-order valence-corrected chi connectivity index (χ4v) is 3.32. The van der Waals surface area contributed by atoms with E-state index in [4.69, 9.17) is 0 Å². The molecule has 2 aromatic heterocycles. The standard InChI is InChI=1S/C19H14BrN3O/c20-15-11-16-18(21-12-15)23(19(24)22-16)17(13-7-3-1-4-8-13)14-9-5-2-6-10-14/h1-12,17H,(H,22,24). The molecule has 4 nitrogen and oxygen atoms in total. The highest BCUT2D eigenvalue weighted by Crippen LogP contribution is 2.28. The molecule has 4 rings (SSSR count). The maximum atomic E-state index is 12.7. The van der Waals surface area contributed by atoms with Crippen molar-refractivity contribution in [3.63, 3.8) is 0 Å². The molecule has 0 unspecified atom stereocenters. The van der Waals surface area contributed by atoms with Gasteiger partial charge in [-0.2, -0.15) is 0 Å². The fraction of sp³-hybridized carbons (Fsp3) is 0.0526. The SMILES string of the molecule is O=c1[nH]c2cc(Br)cnc2n1C(c1ccccc1)c1ccccc1. The Kier molecular flexibility index (Phi) is 3.78. The number of pyridine rings is 1. The summed E-state index contributed by atoms with van der Waals surface area (Å²) < 4.78 is 2.55.